The fourth-order valence-electron chi connectivity index (χ4n) is 4.09. The highest BCUT2D eigenvalue weighted by atomic mass is 35.5. The Morgan fingerprint density at radius 2 is 2.00 bits per heavy atom. The summed E-state index contributed by atoms with van der Waals surface area (Å²) in [4.78, 5) is 29.6. The minimum Gasteiger partial charge on any atom is -0.490 e. The number of hydrogen-bond donors (Lipinski definition) is 1. The summed E-state index contributed by atoms with van der Waals surface area (Å²) in [5.74, 6) is 0.372. The molecule has 1 aromatic heterocycles. The van der Waals surface area contributed by atoms with E-state index in [0.29, 0.717) is 35.4 Å². The summed E-state index contributed by atoms with van der Waals surface area (Å²) in [5, 5.41) is 16.1. The summed E-state index contributed by atoms with van der Waals surface area (Å²) < 4.78 is 11.2. The second-order valence-corrected chi connectivity index (χ2v) is 8.59. The smallest absolute Gasteiger partial charge is 0.324 e. The van der Waals surface area contributed by atoms with Gasteiger partial charge in [0.15, 0.2) is 0 Å². The number of ether oxygens (including phenoxy) is 1. The quantitative estimate of drug-likeness (QED) is 0.656. The van der Waals surface area contributed by atoms with Gasteiger partial charge in [0, 0.05) is 31.1 Å². The van der Waals surface area contributed by atoms with Crippen molar-refractivity contribution in [2.45, 2.75) is 50.7 Å². The maximum Gasteiger partial charge on any atom is 0.324 e. The molecule has 32 heavy (non-hydrogen) atoms. The number of amides is 1. The number of piperidine rings is 1. The van der Waals surface area contributed by atoms with Gasteiger partial charge in [-0.05, 0) is 55.8 Å². The van der Waals surface area contributed by atoms with Crippen LogP contribution in [0.4, 0.5) is 6.01 Å². The van der Waals surface area contributed by atoms with Crippen molar-refractivity contribution in [3.63, 3.8) is 0 Å². The molecule has 1 aliphatic carbocycles. The molecular formula is C22H24ClN5O4. The van der Waals surface area contributed by atoms with E-state index < -0.39 is 0 Å². The first-order valence-electron chi connectivity index (χ1n) is 10.8. The molecule has 0 atom stereocenters. The van der Waals surface area contributed by atoms with Crippen LogP contribution in [0, 0.1) is 17.2 Å². The van der Waals surface area contributed by atoms with E-state index in [4.69, 9.17) is 26.1 Å². The number of hydrogen-bond acceptors (Lipinski definition) is 8. The summed E-state index contributed by atoms with van der Waals surface area (Å²) in [6.45, 7) is 1.31. The Balaban J connectivity index is 1.24. The zero-order valence-corrected chi connectivity index (χ0v) is 18.3. The monoisotopic (exact) mass is 457 g/mol. The van der Waals surface area contributed by atoms with Gasteiger partial charge in [0.1, 0.15) is 18.1 Å². The maximum atomic E-state index is 12.5. The lowest BCUT2D eigenvalue weighted by Gasteiger charge is -2.29. The first-order chi connectivity index (χ1) is 15.6. The molecule has 2 aliphatic rings. The Morgan fingerprint density at radius 3 is 2.66 bits per heavy atom. The number of nitrogens with one attached hydrogen (secondary N) is 1. The molecule has 1 saturated carbocycles. The van der Waals surface area contributed by atoms with E-state index in [1.165, 1.54) is 0 Å². The minimum absolute atomic E-state index is 0.0113. The van der Waals surface area contributed by atoms with E-state index in [9.17, 15) is 9.59 Å². The summed E-state index contributed by atoms with van der Waals surface area (Å²) in [5.41, 5.74) is 0.417. The van der Waals surface area contributed by atoms with Gasteiger partial charge in [0.25, 0.3) is 11.7 Å². The third-order valence-corrected chi connectivity index (χ3v) is 6.31. The summed E-state index contributed by atoms with van der Waals surface area (Å²) in [7, 11) is 0. The van der Waals surface area contributed by atoms with Gasteiger partial charge in [0.2, 0.25) is 0 Å². The van der Waals surface area contributed by atoms with Gasteiger partial charge in [-0.15, -0.1) is 0 Å². The number of rotatable bonds is 6. The molecule has 168 valence electrons. The Bertz CT molecular complexity index is 1000. The molecule has 0 radical (unpaired) electrons. The van der Waals surface area contributed by atoms with Crippen LogP contribution in [-0.4, -0.2) is 47.6 Å². The van der Waals surface area contributed by atoms with Crippen LogP contribution in [0.1, 0.15) is 54.7 Å². The van der Waals surface area contributed by atoms with Gasteiger partial charge in [-0.3, -0.25) is 4.79 Å². The van der Waals surface area contributed by atoms with Crippen LogP contribution in [0.25, 0.3) is 0 Å². The Morgan fingerprint density at radius 1 is 1.25 bits per heavy atom. The lowest BCUT2D eigenvalue weighted by atomic mass is 9.93. The van der Waals surface area contributed by atoms with Crippen LogP contribution in [0.15, 0.2) is 22.7 Å². The number of halogens is 1. The minimum atomic E-state index is -0.356. The zero-order chi connectivity index (χ0) is 22.5. The fourth-order valence-corrected chi connectivity index (χ4v) is 4.30. The Labute approximate surface area is 190 Å². The van der Waals surface area contributed by atoms with Crippen LogP contribution in [0.3, 0.4) is 0 Å². The van der Waals surface area contributed by atoms with E-state index in [1.807, 2.05) is 11.0 Å². The molecule has 0 bridgehead atoms. The van der Waals surface area contributed by atoms with Gasteiger partial charge >= 0.3 is 6.01 Å². The predicted molar refractivity (Wildman–Crippen MR) is 116 cm³/mol. The molecule has 0 unspecified atom stereocenters. The molecule has 4 rings (SSSR count). The average molecular weight is 458 g/mol. The van der Waals surface area contributed by atoms with Crippen LogP contribution < -0.4 is 15.0 Å². The first kappa shape index (κ1) is 22.1. The van der Waals surface area contributed by atoms with Crippen LogP contribution >= 0.6 is 11.6 Å². The fraction of sp³-hybridized carbons (Fsp3) is 0.500. The number of carbonyl (C=O) groups excluding carboxylic acids is 2. The van der Waals surface area contributed by atoms with E-state index in [0.717, 1.165) is 44.8 Å². The van der Waals surface area contributed by atoms with Crippen LogP contribution in [0.2, 0.25) is 5.02 Å². The molecule has 2 aromatic rings. The SMILES string of the molecule is N#Cc1ccc(OC2CCC(NC(=O)c3noc(N4CCC(C=O)CC4)n3)CC2)cc1Cl. The van der Waals surface area contributed by atoms with Crippen LogP contribution in [0.5, 0.6) is 5.75 Å². The largest absolute Gasteiger partial charge is 0.490 e. The summed E-state index contributed by atoms with van der Waals surface area (Å²) in [6.07, 6.45) is 5.61. The molecule has 1 saturated heterocycles. The van der Waals surface area contributed by atoms with E-state index >= 15 is 0 Å². The molecule has 9 nitrogen and oxygen atoms in total. The molecule has 1 N–H and O–H groups in total. The van der Waals surface area contributed by atoms with E-state index in [2.05, 4.69) is 15.5 Å². The third kappa shape index (κ3) is 5.19. The number of nitriles is 1. The average Bonchev–Trinajstić information content (AvgIpc) is 3.31. The molecule has 1 aromatic carbocycles. The zero-order valence-electron chi connectivity index (χ0n) is 17.5. The highest BCUT2D eigenvalue weighted by Gasteiger charge is 2.27. The molecular weight excluding hydrogens is 434 g/mol. The second kappa shape index (κ2) is 10.0. The van der Waals surface area contributed by atoms with Gasteiger partial charge in [-0.25, -0.2) is 0 Å². The summed E-state index contributed by atoms with van der Waals surface area (Å²) in [6, 6.07) is 7.40. The lowest BCUT2D eigenvalue weighted by molar-refractivity contribution is -0.111. The first-order valence-corrected chi connectivity index (χ1v) is 11.1. The van der Waals surface area contributed by atoms with Crippen LogP contribution in [-0.2, 0) is 4.79 Å². The van der Waals surface area contributed by atoms with Crippen molar-refractivity contribution in [3.05, 3.63) is 34.6 Å². The van der Waals surface area contributed by atoms with Gasteiger partial charge in [-0.2, -0.15) is 10.2 Å². The van der Waals surface area contributed by atoms with Gasteiger partial charge in [-0.1, -0.05) is 11.6 Å². The number of aromatic nitrogens is 2. The second-order valence-electron chi connectivity index (χ2n) is 8.18. The highest BCUT2D eigenvalue weighted by Crippen LogP contribution is 2.27. The normalized spacial score (nSPS) is 21.6. The lowest BCUT2D eigenvalue weighted by Crippen LogP contribution is -2.40. The van der Waals surface area contributed by atoms with Crippen molar-refractivity contribution in [2.75, 3.05) is 18.0 Å². The molecule has 1 aliphatic heterocycles. The molecule has 0 spiro atoms. The third-order valence-electron chi connectivity index (χ3n) is 5.99. The standard InChI is InChI=1S/C22H24ClN5O4/c23-19-11-18(4-1-15(19)12-24)31-17-5-2-16(3-6-17)25-21(30)20-26-22(32-27-20)28-9-7-14(13-29)8-10-28/h1,4,11,13-14,16-17H,2-3,5-10H2,(H,25,30). The van der Waals surface area contributed by atoms with Gasteiger partial charge in [0.05, 0.1) is 16.7 Å². The molecule has 1 amide bonds. The van der Waals surface area contributed by atoms with Crippen molar-refractivity contribution < 1.29 is 18.8 Å². The number of nitrogens with zero attached hydrogens (tertiary/aromatic N) is 4. The highest BCUT2D eigenvalue weighted by molar-refractivity contribution is 6.31. The van der Waals surface area contributed by atoms with Crippen molar-refractivity contribution >= 4 is 29.8 Å². The maximum absolute atomic E-state index is 12.5. The van der Waals surface area contributed by atoms with Crippen molar-refractivity contribution in [1.82, 2.24) is 15.5 Å². The predicted octanol–water partition coefficient (Wildman–Crippen LogP) is 3.13. The van der Waals surface area contributed by atoms with E-state index in [1.54, 1.807) is 18.2 Å². The molecule has 2 fully saturated rings. The number of benzene rings is 1. The Hall–Kier alpha value is -3.12. The Kier molecular flexibility index (Phi) is 6.90. The molecule has 2 heterocycles. The summed E-state index contributed by atoms with van der Waals surface area (Å²) >= 11 is 6.06. The van der Waals surface area contributed by atoms with Crippen molar-refractivity contribution in [2.24, 2.45) is 5.92 Å². The topological polar surface area (TPSA) is 121 Å². The van der Waals surface area contributed by atoms with Gasteiger partial charge < -0.3 is 24.3 Å². The molecule has 10 heteroatoms. The van der Waals surface area contributed by atoms with Crippen molar-refractivity contribution in [3.8, 4) is 11.8 Å². The number of anilines is 1. The number of aldehydes is 1. The van der Waals surface area contributed by atoms with E-state index in [-0.39, 0.29) is 29.8 Å². The number of carbonyl (C=O) groups is 2. The van der Waals surface area contributed by atoms with Crippen molar-refractivity contribution in [1.29, 1.82) is 5.26 Å².